The summed E-state index contributed by atoms with van der Waals surface area (Å²) in [5, 5.41) is 20.4. The van der Waals surface area contributed by atoms with Crippen LogP contribution in [0.5, 0.6) is 0 Å². The second-order valence-corrected chi connectivity index (χ2v) is 4.32. The SMILES string of the molecule is Nc1ccc(NC2CCCCC2CO)nn1. The van der Waals surface area contributed by atoms with Gasteiger partial charge in [-0.2, -0.15) is 0 Å². The van der Waals surface area contributed by atoms with Crippen LogP contribution >= 0.6 is 0 Å². The molecule has 1 aliphatic carbocycles. The van der Waals surface area contributed by atoms with Crippen LogP contribution in [-0.2, 0) is 0 Å². The third-order valence-electron chi connectivity index (χ3n) is 3.16. The maximum absolute atomic E-state index is 9.29. The quantitative estimate of drug-likeness (QED) is 0.711. The van der Waals surface area contributed by atoms with Crippen molar-refractivity contribution >= 4 is 11.6 Å². The topological polar surface area (TPSA) is 84.1 Å². The van der Waals surface area contributed by atoms with Crippen LogP contribution in [0.4, 0.5) is 11.6 Å². The van der Waals surface area contributed by atoms with Crippen LogP contribution in [0, 0.1) is 5.92 Å². The largest absolute Gasteiger partial charge is 0.396 e. The first kappa shape index (κ1) is 11.1. The first-order valence-electron chi connectivity index (χ1n) is 5.76. The average Bonchev–Trinajstić information content (AvgIpc) is 2.33. The molecule has 1 heterocycles. The molecule has 4 N–H and O–H groups in total. The Hall–Kier alpha value is -1.36. The van der Waals surface area contributed by atoms with Gasteiger partial charge in [0.05, 0.1) is 0 Å². The van der Waals surface area contributed by atoms with Gasteiger partial charge in [0.15, 0.2) is 0 Å². The van der Waals surface area contributed by atoms with Crippen LogP contribution in [0.3, 0.4) is 0 Å². The zero-order valence-electron chi connectivity index (χ0n) is 9.26. The van der Waals surface area contributed by atoms with Gasteiger partial charge in [0.25, 0.3) is 0 Å². The smallest absolute Gasteiger partial charge is 0.149 e. The minimum Gasteiger partial charge on any atom is -0.396 e. The molecule has 0 saturated heterocycles. The van der Waals surface area contributed by atoms with Crippen molar-refractivity contribution in [2.75, 3.05) is 17.7 Å². The highest BCUT2D eigenvalue weighted by atomic mass is 16.3. The highest BCUT2D eigenvalue weighted by Crippen LogP contribution is 2.26. The van der Waals surface area contributed by atoms with Crippen molar-refractivity contribution in [2.24, 2.45) is 5.92 Å². The lowest BCUT2D eigenvalue weighted by molar-refractivity contribution is 0.178. The minimum absolute atomic E-state index is 0.236. The third kappa shape index (κ3) is 2.61. The number of hydrogen-bond acceptors (Lipinski definition) is 5. The summed E-state index contributed by atoms with van der Waals surface area (Å²) >= 11 is 0. The summed E-state index contributed by atoms with van der Waals surface area (Å²) in [6, 6.07) is 3.86. The van der Waals surface area contributed by atoms with Crippen molar-refractivity contribution < 1.29 is 5.11 Å². The summed E-state index contributed by atoms with van der Waals surface area (Å²) in [5.74, 6) is 1.49. The molecule has 2 unspecified atom stereocenters. The normalized spacial score (nSPS) is 25.3. The lowest BCUT2D eigenvalue weighted by Gasteiger charge is -2.31. The fourth-order valence-electron chi connectivity index (χ4n) is 2.23. The van der Waals surface area contributed by atoms with Crippen molar-refractivity contribution in [3.8, 4) is 0 Å². The predicted molar refractivity (Wildman–Crippen MR) is 62.9 cm³/mol. The molecule has 0 aliphatic heterocycles. The lowest BCUT2D eigenvalue weighted by atomic mass is 9.85. The van der Waals surface area contributed by atoms with Crippen LogP contribution in [0.25, 0.3) is 0 Å². The molecule has 0 radical (unpaired) electrons. The maximum atomic E-state index is 9.29. The van der Waals surface area contributed by atoms with Crippen LogP contribution in [0.15, 0.2) is 12.1 Å². The zero-order valence-corrected chi connectivity index (χ0v) is 9.26. The van der Waals surface area contributed by atoms with E-state index in [0.717, 1.165) is 18.7 Å². The van der Waals surface area contributed by atoms with E-state index in [4.69, 9.17) is 5.73 Å². The van der Waals surface area contributed by atoms with Gasteiger partial charge >= 0.3 is 0 Å². The number of nitrogens with two attached hydrogens (primary N) is 1. The number of nitrogen functional groups attached to an aromatic ring is 1. The Morgan fingerprint density at radius 2 is 2.12 bits per heavy atom. The standard InChI is InChI=1S/C11H18N4O/c12-10-5-6-11(15-14-10)13-9-4-2-1-3-8(9)7-16/h5-6,8-9,16H,1-4,7H2,(H2,12,14)(H,13,15). The molecular formula is C11H18N4O. The first-order valence-corrected chi connectivity index (χ1v) is 5.76. The molecule has 16 heavy (non-hydrogen) atoms. The van der Waals surface area contributed by atoms with Crippen LogP contribution < -0.4 is 11.1 Å². The Morgan fingerprint density at radius 1 is 1.31 bits per heavy atom. The van der Waals surface area contributed by atoms with E-state index < -0.39 is 0 Å². The number of rotatable bonds is 3. The Labute approximate surface area is 95.1 Å². The van der Waals surface area contributed by atoms with E-state index in [9.17, 15) is 5.11 Å². The van der Waals surface area contributed by atoms with Gasteiger partial charge in [0.1, 0.15) is 11.6 Å². The minimum atomic E-state index is 0.236. The molecular weight excluding hydrogens is 204 g/mol. The fourth-order valence-corrected chi connectivity index (χ4v) is 2.23. The van der Waals surface area contributed by atoms with Crippen molar-refractivity contribution in [3.05, 3.63) is 12.1 Å². The first-order chi connectivity index (χ1) is 7.79. The molecule has 2 atom stereocenters. The van der Waals surface area contributed by atoms with Crippen molar-refractivity contribution in [1.29, 1.82) is 0 Å². The summed E-state index contributed by atoms with van der Waals surface area (Å²) in [5.41, 5.74) is 5.47. The molecule has 5 nitrogen and oxygen atoms in total. The molecule has 1 aromatic heterocycles. The molecule has 88 valence electrons. The number of nitrogens with one attached hydrogen (secondary N) is 1. The molecule has 1 aliphatic rings. The maximum Gasteiger partial charge on any atom is 0.149 e. The van der Waals surface area contributed by atoms with Gasteiger partial charge in [-0.15, -0.1) is 10.2 Å². The summed E-state index contributed by atoms with van der Waals surface area (Å²) < 4.78 is 0. The number of aliphatic hydroxyl groups is 1. The fraction of sp³-hybridized carbons (Fsp3) is 0.636. The number of nitrogens with zero attached hydrogens (tertiary/aromatic N) is 2. The van der Waals surface area contributed by atoms with Crippen LogP contribution in [0.2, 0.25) is 0 Å². The monoisotopic (exact) mass is 222 g/mol. The van der Waals surface area contributed by atoms with E-state index >= 15 is 0 Å². The van der Waals surface area contributed by atoms with Crippen LogP contribution in [-0.4, -0.2) is 28.0 Å². The van der Waals surface area contributed by atoms with Gasteiger partial charge in [0, 0.05) is 18.6 Å². The Balaban J connectivity index is 1.99. The highest BCUT2D eigenvalue weighted by Gasteiger charge is 2.24. The number of aliphatic hydroxyl groups excluding tert-OH is 1. The molecule has 1 saturated carbocycles. The van der Waals surface area contributed by atoms with Crippen LogP contribution in [0.1, 0.15) is 25.7 Å². The molecule has 0 spiro atoms. The summed E-state index contributed by atoms with van der Waals surface area (Å²) in [6.07, 6.45) is 4.57. The van der Waals surface area contributed by atoms with E-state index in [1.54, 1.807) is 6.07 Å². The van der Waals surface area contributed by atoms with Crippen molar-refractivity contribution in [3.63, 3.8) is 0 Å². The van der Waals surface area contributed by atoms with Crippen molar-refractivity contribution in [2.45, 2.75) is 31.7 Å². The summed E-state index contributed by atoms with van der Waals surface area (Å²) in [4.78, 5) is 0. The van der Waals surface area contributed by atoms with E-state index in [-0.39, 0.29) is 6.61 Å². The summed E-state index contributed by atoms with van der Waals surface area (Å²) in [6.45, 7) is 0.236. The Kier molecular flexibility index (Phi) is 3.56. The highest BCUT2D eigenvalue weighted by molar-refractivity contribution is 5.39. The second-order valence-electron chi connectivity index (χ2n) is 4.32. The van der Waals surface area contributed by atoms with Gasteiger partial charge in [-0.05, 0) is 25.0 Å². The van der Waals surface area contributed by atoms with E-state index in [1.807, 2.05) is 6.07 Å². The predicted octanol–water partition coefficient (Wildman–Crippen LogP) is 1.02. The number of hydrogen-bond donors (Lipinski definition) is 3. The Morgan fingerprint density at radius 3 is 2.81 bits per heavy atom. The molecule has 5 heteroatoms. The van der Waals surface area contributed by atoms with E-state index in [0.29, 0.717) is 17.8 Å². The molecule has 1 aromatic rings. The van der Waals surface area contributed by atoms with Gasteiger partial charge in [0.2, 0.25) is 0 Å². The van der Waals surface area contributed by atoms with Gasteiger partial charge in [-0.1, -0.05) is 12.8 Å². The van der Waals surface area contributed by atoms with E-state index in [2.05, 4.69) is 15.5 Å². The lowest BCUT2D eigenvalue weighted by Crippen LogP contribution is -2.34. The molecule has 0 bridgehead atoms. The molecule has 0 amide bonds. The molecule has 1 fully saturated rings. The number of anilines is 2. The van der Waals surface area contributed by atoms with E-state index in [1.165, 1.54) is 12.8 Å². The van der Waals surface area contributed by atoms with Crippen molar-refractivity contribution in [1.82, 2.24) is 10.2 Å². The van der Waals surface area contributed by atoms with Gasteiger partial charge in [-0.25, -0.2) is 0 Å². The number of aromatic nitrogens is 2. The Bertz CT molecular complexity index is 327. The van der Waals surface area contributed by atoms with Gasteiger partial charge in [-0.3, -0.25) is 0 Å². The molecule has 0 aromatic carbocycles. The molecule has 2 rings (SSSR count). The average molecular weight is 222 g/mol. The summed E-state index contributed by atoms with van der Waals surface area (Å²) in [7, 11) is 0. The second kappa shape index (κ2) is 5.12. The van der Waals surface area contributed by atoms with Gasteiger partial charge < -0.3 is 16.2 Å². The zero-order chi connectivity index (χ0) is 11.4. The third-order valence-corrected chi connectivity index (χ3v) is 3.16.